The van der Waals surface area contributed by atoms with Gasteiger partial charge < -0.3 is 9.47 Å². The predicted molar refractivity (Wildman–Crippen MR) is 94.8 cm³/mol. The van der Waals surface area contributed by atoms with Gasteiger partial charge in [0, 0.05) is 25.5 Å². The summed E-state index contributed by atoms with van der Waals surface area (Å²) in [7, 11) is 2.69. The molecule has 0 aliphatic carbocycles. The van der Waals surface area contributed by atoms with Crippen molar-refractivity contribution in [2.75, 3.05) is 20.8 Å². The minimum atomic E-state index is -0.639. The Hall–Kier alpha value is -2.73. The first-order valence-electron chi connectivity index (χ1n) is 8.49. The molecule has 1 fully saturated rings. The average Bonchev–Trinajstić information content (AvgIpc) is 3.07. The SMILES string of the molecule is COC(=O)[C@@H]1[C@@H](C(=O)OC)CN(Cc2ccccc2)[C@H]1c1cccnc1. The fourth-order valence-corrected chi connectivity index (χ4v) is 3.68. The van der Waals surface area contributed by atoms with Gasteiger partial charge in [0.1, 0.15) is 0 Å². The molecular weight excluding hydrogens is 332 g/mol. The highest BCUT2D eigenvalue weighted by Crippen LogP contribution is 2.42. The standard InChI is InChI=1S/C20H22N2O4/c1-25-19(23)16-13-22(12-14-7-4-3-5-8-14)18(17(16)20(24)26-2)15-9-6-10-21-11-15/h3-11,16-18H,12-13H2,1-2H3/t16-,17+,18-/m0/s1. The van der Waals surface area contributed by atoms with E-state index in [0.717, 1.165) is 11.1 Å². The van der Waals surface area contributed by atoms with Gasteiger partial charge in [0.05, 0.1) is 32.1 Å². The van der Waals surface area contributed by atoms with Crippen LogP contribution in [0.3, 0.4) is 0 Å². The minimum absolute atomic E-state index is 0.305. The first-order valence-corrected chi connectivity index (χ1v) is 8.49. The molecule has 1 aliphatic heterocycles. The van der Waals surface area contributed by atoms with Crippen molar-refractivity contribution in [1.82, 2.24) is 9.88 Å². The number of methoxy groups -OCH3 is 2. The van der Waals surface area contributed by atoms with Crippen molar-refractivity contribution in [3.05, 3.63) is 66.0 Å². The summed E-state index contributed by atoms with van der Waals surface area (Å²) in [6.45, 7) is 1.03. The van der Waals surface area contributed by atoms with Gasteiger partial charge in [-0.25, -0.2) is 0 Å². The van der Waals surface area contributed by atoms with Gasteiger partial charge in [0.15, 0.2) is 0 Å². The van der Waals surface area contributed by atoms with E-state index in [1.807, 2.05) is 42.5 Å². The molecule has 2 heterocycles. The molecule has 0 saturated carbocycles. The summed E-state index contributed by atoms with van der Waals surface area (Å²) in [5.41, 5.74) is 1.99. The van der Waals surface area contributed by atoms with Crippen LogP contribution in [0.5, 0.6) is 0 Å². The number of nitrogens with zero attached hydrogens (tertiary/aromatic N) is 2. The number of carbonyl (C=O) groups excluding carboxylic acids is 2. The van der Waals surface area contributed by atoms with Crippen LogP contribution in [0.15, 0.2) is 54.9 Å². The number of likely N-dealkylation sites (tertiary alicyclic amines) is 1. The Labute approximate surface area is 152 Å². The van der Waals surface area contributed by atoms with E-state index in [1.165, 1.54) is 14.2 Å². The van der Waals surface area contributed by atoms with Gasteiger partial charge in [-0.05, 0) is 17.2 Å². The van der Waals surface area contributed by atoms with Crippen LogP contribution >= 0.6 is 0 Å². The van der Waals surface area contributed by atoms with Crippen molar-refractivity contribution >= 4 is 11.9 Å². The van der Waals surface area contributed by atoms with Crippen molar-refractivity contribution < 1.29 is 19.1 Å². The van der Waals surface area contributed by atoms with Crippen LogP contribution < -0.4 is 0 Å². The van der Waals surface area contributed by atoms with Crippen LogP contribution in [0.1, 0.15) is 17.2 Å². The molecule has 0 unspecified atom stereocenters. The molecular formula is C20H22N2O4. The number of carbonyl (C=O) groups is 2. The van der Waals surface area contributed by atoms with Gasteiger partial charge in [0.2, 0.25) is 0 Å². The van der Waals surface area contributed by atoms with E-state index in [1.54, 1.807) is 12.4 Å². The second kappa shape index (κ2) is 8.10. The smallest absolute Gasteiger partial charge is 0.311 e. The lowest BCUT2D eigenvalue weighted by atomic mass is 9.87. The maximum atomic E-state index is 12.5. The Morgan fingerprint density at radius 2 is 1.81 bits per heavy atom. The maximum absolute atomic E-state index is 12.5. The molecule has 0 spiro atoms. The molecule has 6 heteroatoms. The van der Waals surface area contributed by atoms with Crippen LogP contribution in [-0.2, 0) is 25.6 Å². The summed E-state index contributed by atoms with van der Waals surface area (Å²) in [6.07, 6.45) is 3.42. The van der Waals surface area contributed by atoms with Gasteiger partial charge in [-0.2, -0.15) is 0 Å². The second-order valence-corrected chi connectivity index (χ2v) is 6.32. The number of esters is 2. The molecule has 3 atom stereocenters. The zero-order chi connectivity index (χ0) is 18.5. The van der Waals surface area contributed by atoms with Gasteiger partial charge >= 0.3 is 11.9 Å². The third-order valence-corrected chi connectivity index (χ3v) is 4.83. The van der Waals surface area contributed by atoms with E-state index >= 15 is 0 Å². The number of aromatic nitrogens is 1. The number of rotatable bonds is 5. The molecule has 26 heavy (non-hydrogen) atoms. The normalized spacial score (nSPS) is 22.8. The number of ether oxygens (including phenoxy) is 2. The van der Waals surface area contributed by atoms with Gasteiger partial charge in [-0.1, -0.05) is 36.4 Å². The van der Waals surface area contributed by atoms with Crippen LogP contribution in [0.4, 0.5) is 0 Å². The molecule has 136 valence electrons. The fraction of sp³-hybridized carbons (Fsp3) is 0.350. The van der Waals surface area contributed by atoms with Crippen molar-refractivity contribution in [1.29, 1.82) is 0 Å². The molecule has 1 saturated heterocycles. The first-order chi connectivity index (χ1) is 12.7. The Bertz CT molecular complexity index is 751. The van der Waals surface area contributed by atoms with Crippen molar-refractivity contribution in [3.63, 3.8) is 0 Å². The lowest BCUT2D eigenvalue weighted by molar-refractivity contribution is -0.156. The number of benzene rings is 1. The molecule has 2 aromatic rings. The van der Waals surface area contributed by atoms with E-state index in [4.69, 9.17) is 9.47 Å². The summed E-state index contributed by atoms with van der Waals surface area (Å²) >= 11 is 0. The minimum Gasteiger partial charge on any atom is -0.469 e. The first kappa shape index (κ1) is 18.1. The van der Waals surface area contributed by atoms with Gasteiger partial charge in [0.25, 0.3) is 0 Å². The predicted octanol–water partition coefficient (Wildman–Crippen LogP) is 2.22. The average molecular weight is 354 g/mol. The molecule has 1 aliphatic rings. The molecule has 3 rings (SSSR count). The Kier molecular flexibility index (Phi) is 5.63. The third-order valence-electron chi connectivity index (χ3n) is 4.83. The van der Waals surface area contributed by atoms with Crippen LogP contribution in [0.25, 0.3) is 0 Å². The molecule has 0 bridgehead atoms. The van der Waals surface area contributed by atoms with Crippen LogP contribution in [-0.4, -0.2) is 42.6 Å². The summed E-state index contributed by atoms with van der Waals surface area (Å²) in [5, 5.41) is 0. The number of hydrogen-bond donors (Lipinski definition) is 0. The van der Waals surface area contributed by atoms with E-state index in [9.17, 15) is 9.59 Å². The zero-order valence-electron chi connectivity index (χ0n) is 14.9. The Morgan fingerprint density at radius 1 is 1.08 bits per heavy atom. The highest BCUT2D eigenvalue weighted by molar-refractivity contribution is 5.83. The van der Waals surface area contributed by atoms with Crippen LogP contribution in [0.2, 0.25) is 0 Å². The molecule has 0 N–H and O–H groups in total. The Balaban J connectivity index is 2.00. The lowest BCUT2D eigenvalue weighted by Gasteiger charge is -2.27. The molecule has 6 nitrogen and oxygen atoms in total. The Morgan fingerprint density at radius 3 is 2.42 bits per heavy atom. The van der Waals surface area contributed by atoms with Gasteiger partial charge in [-0.3, -0.25) is 19.5 Å². The topological polar surface area (TPSA) is 68.7 Å². The maximum Gasteiger partial charge on any atom is 0.311 e. The second-order valence-electron chi connectivity index (χ2n) is 6.32. The van der Waals surface area contributed by atoms with Gasteiger partial charge in [-0.15, -0.1) is 0 Å². The van der Waals surface area contributed by atoms with E-state index < -0.39 is 23.8 Å². The zero-order valence-corrected chi connectivity index (χ0v) is 14.9. The monoisotopic (exact) mass is 354 g/mol. The molecule has 0 amide bonds. The van der Waals surface area contributed by atoms with Crippen LogP contribution in [0, 0.1) is 11.8 Å². The van der Waals surface area contributed by atoms with Crippen molar-refractivity contribution in [3.8, 4) is 0 Å². The van der Waals surface area contributed by atoms with Crippen molar-refractivity contribution in [2.24, 2.45) is 11.8 Å². The fourth-order valence-electron chi connectivity index (χ4n) is 3.68. The summed E-state index contributed by atoms with van der Waals surface area (Å²) in [6, 6.07) is 13.4. The highest BCUT2D eigenvalue weighted by Gasteiger charge is 2.50. The highest BCUT2D eigenvalue weighted by atomic mass is 16.5. The van der Waals surface area contributed by atoms with E-state index in [-0.39, 0.29) is 6.04 Å². The third kappa shape index (κ3) is 3.60. The quantitative estimate of drug-likeness (QED) is 0.767. The van der Waals surface area contributed by atoms with Crippen molar-refractivity contribution in [2.45, 2.75) is 12.6 Å². The summed E-state index contributed by atoms with van der Waals surface area (Å²) in [4.78, 5) is 31.2. The largest absolute Gasteiger partial charge is 0.469 e. The number of hydrogen-bond acceptors (Lipinski definition) is 6. The summed E-state index contributed by atoms with van der Waals surface area (Å²) in [5.74, 6) is -2.03. The molecule has 1 aromatic heterocycles. The van der Waals surface area contributed by atoms with E-state index in [0.29, 0.717) is 13.1 Å². The van der Waals surface area contributed by atoms with E-state index in [2.05, 4.69) is 9.88 Å². The number of pyridine rings is 1. The molecule has 0 radical (unpaired) electrons. The lowest BCUT2D eigenvalue weighted by Crippen LogP contribution is -2.32. The summed E-state index contributed by atoms with van der Waals surface area (Å²) < 4.78 is 9.97. The molecule has 1 aromatic carbocycles.